The third kappa shape index (κ3) is 2.58. The Morgan fingerprint density at radius 2 is 1.94 bits per heavy atom. The Morgan fingerprint density at radius 3 is 2.50 bits per heavy atom. The van der Waals surface area contributed by atoms with Gasteiger partial charge < -0.3 is 10.6 Å². The second-order valence-corrected chi connectivity index (χ2v) is 5.99. The van der Waals surface area contributed by atoms with E-state index in [9.17, 15) is 0 Å². The van der Waals surface area contributed by atoms with E-state index in [0.29, 0.717) is 0 Å². The number of hydrogen-bond acceptors (Lipinski definition) is 2. The van der Waals surface area contributed by atoms with Gasteiger partial charge in [-0.1, -0.05) is 15.9 Å². The first-order valence-electron chi connectivity index (χ1n) is 5.78. The molecule has 0 unspecified atom stereocenters. The first-order chi connectivity index (χ1) is 7.48. The molecule has 1 aliphatic heterocycles. The summed E-state index contributed by atoms with van der Waals surface area (Å²) >= 11 is 3.50. The van der Waals surface area contributed by atoms with E-state index < -0.39 is 0 Å². The molecule has 1 fully saturated rings. The van der Waals surface area contributed by atoms with E-state index in [1.165, 1.54) is 11.3 Å². The molecule has 2 N–H and O–H groups in total. The molecule has 3 heteroatoms. The van der Waals surface area contributed by atoms with E-state index >= 15 is 0 Å². The molecule has 1 saturated heterocycles. The SMILES string of the molecule is Cc1cc(Br)ccc1N1CCC(C)(N)CC1. The highest BCUT2D eigenvalue weighted by Gasteiger charge is 2.26. The molecule has 0 aromatic heterocycles. The van der Waals surface area contributed by atoms with Crippen LogP contribution in [0.5, 0.6) is 0 Å². The highest BCUT2D eigenvalue weighted by atomic mass is 79.9. The molecule has 0 radical (unpaired) electrons. The summed E-state index contributed by atoms with van der Waals surface area (Å²) in [5.74, 6) is 0. The lowest BCUT2D eigenvalue weighted by molar-refractivity contribution is 0.364. The maximum absolute atomic E-state index is 6.15. The molecule has 2 nitrogen and oxygen atoms in total. The molecule has 16 heavy (non-hydrogen) atoms. The van der Waals surface area contributed by atoms with E-state index in [1.54, 1.807) is 0 Å². The predicted octanol–water partition coefficient (Wildman–Crippen LogP) is 3.08. The van der Waals surface area contributed by atoms with Gasteiger partial charge in [-0.05, 0) is 50.5 Å². The van der Waals surface area contributed by atoms with Crippen molar-refractivity contribution in [3.8, 4) is 0 Å². The smallest absolute Gasteiger partial charge is 0.0396 e. The van der Waals surface area contributed by atoms with Crippen molar-refractivity contribution in [2.75, 3.05) is 18.0 Å². The number of halogens is 1. The zero-order valence-electron chi connectivity index (χ0n) is 9.96. The Balaban J connectivity index is 2.14. The number of anilines is 1. The van der Waals surface area contributed by atoms with Crippen LogP contribution in [0.2, 0.25) is 0 Å². The molecule has 0 spiro atoms. The first kappa shape index (κ1) is 11.9. The number of nitrogens with two attached hydrogens (primary N) is 1. The molecular formula is C13H19BrN2. The number of aryl methyl sites for hydroxylation is 1. The van der Waals surface area contributed by atoms with Crippen LogP contribution in [0, 0.1) is 6.92 Å². The van der Waals surface area contributed by atoms with E-state index in [1.807, 2.05) is 0 Å². The molecule has 0 atom stereocenters. The van der Waals surface area contributed by atoms with Crippen LogP contribution in [0.1, 0.15) is 25.3 Å². The van der Waals surface area contributed by atoms with Crippen molar-refractivity contribution in [3.05, 3.63) is 28.2 Å². The number of hydrogen-bond donors (Lipinski definition) is 1. The fourth-order valence-corrected chi connectivity index (χ4v) is 2.71. The summed E-state index contributed by atoms with van der Waals surface area (Å²) in [5.41, 5.74) is 8.85. The third-order valence-electron chi connectivity index (χ3n) is 3.41. The normalized spacial score (nSPS) is 19.9. The van der Waals surface area contributed by atoms with Crippen LogP contribution in [0.3, 0.4) is 0 Å². The maximum Gasteiger partial charge on any atom is 0.0396 e. The van der Waals surface area contributed by atoms with Crippen molar-refractivity contribution in [1.82, 2.24) is 0 Å². The number of piperidine rings is 1. The lowest BCUT2D eigenvalue weighted by Crippen LogP contribution is -2.48. The van der Waals surface area contributed by atoms with Gasteiger partial charge in [0.05, 0.1) is 0 Å². The van der Waals surface area contributed by atoms with Crippen LogP contribution >= 0.6 is 15.9 Å². The zero-order chi connectivity index (χ0) is 11.8. The molecule has 1 aliphatic rings. The summed E-state index contributed by atoms with van der Waals surface area (Å²) in [6, 6.07) is 6.47. The fourth-order valence-electron chi connectivity index (χ4n) is 2.23. The molecule has 2 rings (SSSR count). The minimum Gasteiger partial charge on any atom is -0.371 e. The molecule has 0 bridgehead atoms. The van der Waals surface area contributed by atoms with Crippen LogP contribution in [0.4, 0.5) is 5.69 Å². The molecule has 88 valence electrons. The van der Waals surface area contributed by atoms with Crippen LogP contribution in [0.25, 0.3) is 0 Å². The topological polar surface area (TPSA) is 29.3 Å². The van der Waals surface area contributed by atoms with E-state index in [2.05, 4.69) is 52.9 Å². The Morgan fingerprint density at radius 1 is 1.31 bits per heavy atom. The van der Waals surface area contributed by atoms with Crippen molar-refractivity contribution in [1.29, 1.82) is 0 Å². The minimum absolute atomic E-state index is 0.0275. The Hall–Kier alpha value is -0.540. The van der Waals surface area contributed by atoms with Gasteiger partial charge in [0, 0.05) is 28.8 Å². The molecule has 1 heterocycles. The minimum atomic E-state index is 0.0275. The average Bonchev–Trinajstić information content (AvgIpc) is 2.19. The summed E-state index contributed by atoms with van der Waals surface area (Å²) in [4.78, 5) is 2.44. The van der Waals surface area contributed by atoms with Crippen molar-refractivity contribution < 1.29 is 0 Å². The monoisotopic (exact) mass is 282 g/mol. The quantitative estimate of drug-likeness (QED) is 0.858. The number of benzene rings is 1. The summed E-state index contributed by atoms with van der Waals surface area (Å²) in [6.07, 6.45) is 2.14. The Labute approximate surface area is 106 Å². The zero-order valence-corrected chi connectivity index (χ0v) is 11.5. The molecule has 1 aromatic carbocycles. The number of nitrogens with zero attached hydrogens (tertiary/aromatic N) is 1. The van der Waals surface area contributed by atoms with Crippen LogP contribution < -0.4 is 10.6 Å². The summed E-state index contributed by atoms with van der Waals surface area (Å²) in [6.45, 7) is 6.44. The Kier molecular flexibility index (Phi) is 3.27. The van der Waals surface area contributed by atoms with Crippen molar-refractivity contribution in [2.45, 2.75) is 32.2 Å². The van der Waals surface area contributed by atoms with Gasteiger partial charge in [0.25, 0.3) is 0 Å². The van der Waals surface area contributed by atoms with E-state index in [4.69, 9.17) is 5.73 Å². The summed E-state index contributed by atoms with van der Waals surface area (Å²) in [7, 11) is 0. The molecular weight excluding hydrogens is 264 g/mol. The lowest BCUT2D eigenvalue weighted by atomic mass is 9.90. The standard InChI is InChI=1S/C13H19BrN2/c1-10-9-11(14)3-4-12(10)16-7-5-13(2,15)6-8-16/h3-4,9H,5-8,15H2,1-2H3. The third-order valence-corrected chi connectivity index (χ3v) is 3.90. The second kappa shape index (κ2) is 4.38. The summed E-state index contributed by atoms with van der Waals surface area (Å²) < 4.78 is 1.15. The lowest BCUT2D eigenvalue weighted by Gasteiger charge is -2.38. The molecule has 1 aromatic rings. The van der Waals surface area contributed by atoms with Gasteiger partial charge >= 0.3 is 0 Å². The fraction of sp³-hybridized carbons (Fsp3) is 0.538. The van der Waals surface area contributed by atoms with Crippen molar-refractivity contribution >= 4 is 21.6 Å². The number of rotatable bonds is 1. The molecule has 0 amide bonds. The second-order valence-electron chi connectivity index (χ2n) is 5.07. The first-order valence-corrected chi connectivity index (χ1v) is 6.57. The van der Waals surface area contributed by atoms with Gasteiger partial charge in [-0.3, -0.25) is 0 Å². The highest BCUT2D eigenvalue weighted by Crippen LogP contribution is 2.28. The average molecular weight is 283 g/mol. The van der Waals surface area contributed by atoms with Gasteiger partial charge in [0.1, 0.15) is 0 Å². The van der Waals surface area contributed by atoms with E-state index in [-0.39, 0.29) is 5.54 Å². The van der Waals surface area contributed by atoms with Gasteiger partial charge in [0.15, 0.2) is 0 Å². The molecule has 0 saturated carbocycles. The van der Waals surface area contributed by atoms with Gasteiger partial charge in [0.2, 0.25) is 0 Å². The van der Waals surface area contributed by atoms with Gasteiger partial charge in [-0.25, -0.2) is 0 Å². The van der Waals surface area contributed by atoms with Crippen LogP contribution in [-0.2, 0) is 0 Å². The van der Waals surface area contributed by atoms with Gasteiger partial charge in [-0.2, -0.15) is 0 Å². The van der Waals surface area contributed by atoms with Crippen molar-refractivity contribution in [2.24, 2.45) is 5.73 Å². The predicted molar refractivity (Wildman–Crippen MR) is 72.9 cm³/mol. The Bertz CT molecular complexity index is 378. The van der Waals surface area contributed by atoms with Crippen molar-refractivity contribution in [3.63, 3.8) is 0 Å². The van der Waals surface area contributed by atoms with Crippen LogP contribution in [-0.4, -0.2) is 18.6 Å². The maximum atomic E-state index is 6.15. The van der Waals surface area contributed by atoms with Gasteiger partial charge in [-0.15, -0.1) is 0 Å². The summed E-state index contributed by atoms with van der Waals surface area (Å²) in [5, 5.41) is 0. The highest BCUT2D eigenvalue weighted by molar-refractivity contribution is 9.10. The molecule has 0 aliphatic carbocycles. The largest absolute Gasteiger partial charge is 0.371 e. The van der Waals surface area contributed by atoms with Crippen LogP contribution in [0.15, 0.2) is 22.7 Å². The van der Waals surface area contributed by atoms with E-state index in [0.717, 1.165) is 30.4 Å².